The van der Waals surface area contributed by atoms with Gasteiger partial charge in [-0.3, -0.25) is 5.32 Å². The van der Waals surface area contributed by atoms with Crippen LogP contribution >= 0.6 is 11.3 Å². The maximum atomic E-state index is 12.7. The van der Waals surface area contributed by atoms with Crippen LogP contribution in [0.3, 0.4) is 0 Å². The van der Waals surface area contributed by atoms with Crippen molar-refractivity contribution in [2.24, 2.45) is 0 Å². The normalized spacial score (nSPS) is 11.9. The van der Waals surface area contributed by atoms with Crippen molar-refractivity contribution in [1.29, 1.82) is 0 Å². The summed E-state index contributed by atoms with van der Waals surface area (Å²) in [5.74, 6) is -0.377. The Kier molecular flexibility index (Phi) is 4.59. The number of aromatic nitrogens is 2. The van der Waals surface area contributed by atoms with Crippen molar-refractivity contribution in [3.05, 3.63) is 40.7 Å². The van der Waals surface area contributed by atoms with E-state index in [2.05, 4.69) is 20.8 Å². The van der Waals surface area contributed by atoms with E-state index in [4.69, 9.17) is 0 Å². The van der Waals surface area contributed by atoms with E-state index in [0.717, 1.165) is 5.01 Å². The third-order valence-electron chi connectivity index (χ3n) is 2.46. The maximum absolute atomic E-state index is 12.7. The highest BCUT2D eigenvalue weighted by Gasteiger charge is 2.10. The molecule has 0 aliphatic heterocycles. The molecule has 1 unspecified atom stereocenters. The summed E-state index contributed by atoms with van der Waals surface area (Å²) in [7, 11) is 0. The van der Waals surface area contributed by atoms with Gasteiger partial charge in [-0.1, -0.05) is 23.5 Å². The first kappa shape index (κ1) is 14.4. The molecule has 1 aromatic carbocycles. The van der Waals surface area contributed by atoms with Gasteiger partial charge in [-0.2, -0.15) is 0 Å². The van der Waals surface area contributed by atoms with Crippen LogP contribution in [0.4, 0.5) is 14.3 Å². The third kappa shape index (κ3) is 3.97. The second-order valence-corrected chi connectivity index (χ2v) is 5.21. The quantitative estimate of drug-likeness (QED) is 0.803. The lowest BCUT2D eigenvalue weighted by Gasteiger charge is -2.12. The van der Waals surface area contributed by atoms with E-state index in [-0.39, 0.29) is 12.4 Å². The van der Waals surface area contributed by atoms with Gasteiger partial charge in [0.2, 0.25) is 5.13 Å². The van der Waals surface area contributed by atoms with Crippen LogP contribution in [0, 0.1) is 12.7 Å². The number of urea groups is 1. The van der Waals surface area contributed by atoms with E-state index in [1.165, 1.54) is 35.6 Å². The fourth-order valence-corrected chi connectivity index (χ4v) is 2.07. The number of aryl methyl sites for hydroxylation is 1. The van der Waals surface area contributed by atoms with Crippen molar-refractivity contribution in [1.82, 2.24) is 15.5 Å². The second-order valence-electron chi connectivity index (χ2n) is 4.03. The van der Waals surface area contributed by atoms with Gasteiger partial charge in [0.15, 0.2) is 0 Å². The first-order valence-corrected chi connectivity index (χ1v) is 6.65. The third-order valence-corrected chi connectivity index (χ3v) is 3.21. The summed E-state index contributed by atoms with van der Waals surface area (Å²) in [4.78, 5) is 11.6. The average molecular weight is 296 g/mol. The number of carbonyl (C=O) groups is 1. The van der Waals surface area contributed by atoms with Crippen LogP contribution in [0.2, 0.25) is 0 Å². The Balaban J connectivity index is 1.82. The molecule has 20 heavy (non-hydrogen) atoms. The van der Waals surface area contributed by atoms with Crippen molar-refractivity contribution in [2.75, 3.05) is 11.9 Å². The minimum absolute atomic E-state index is 0.00918. The topological polar surface area (TPSA) is 87.1 Å². The zero-order chi connectivity index (χ0) is 14.5. The van der Waals surface area contributed by atoms with Crippen LogP contribution < -0.4 is 10.6 Å². The van der Waals surface area contributed by atoms with Crippen molar-refractivity contribution in [2.45, 2.75) is 13.0 Å². The largest absolute Gasteiger partial charge is 0.387 e. The summed E-state index contributed by atoms with van der Waals surface area (Å²) < 4.78 is 12.7. The van der Waals surface area contributed by atoms with Gasteiger partial charge in [0.25, 0.3) is 0 Å². The highest BCUT2D eigenvalue weighted by Crippen LogP contribution is 2.14. The van der Waals surface area contributed by atoms with Gasteiger partial charge in [-0.05, 0) is 24.6 Å². The Labute approximate surface area is 118 Å². The number of nitrogens with zero attached hydrogens (tertiary/aromatic N) is 2. The molecule has 106 valence electrons. The van der Waals surface area contributed by atoms with Gasteiger partial charge in [0, 0.05) is 6.54 Å². The van der Waals surface area contributed by atoms with Crippen LogP contribution in [-0.4, -0.2) is 27.9 Å². The Bertz CT molecular complexity index is 587. The van der Waals surface area contributed by atoms with Gasteiger partial charge in [0.1, 0.15) is 10.8 Å². The number of hydrogen-bond acceptors (Lipinski definition) is 5. The minimum atomic E-state index is -0.905. The van der Waals surface area contributed by atoms with Crippen molar-refractivity contribution >= 4 is 22.5 Å². The van der Waals surface area contributed by atoms with Gasteiger partial charge >= 0.3 is 6.03 Å². The molecule has 0 radical (unpaired) electrons. The molecular formula is C12H13FN4O2S. The number of carbonyl (C=O) groups excluding carboxylic acids is 1. The van der Waals surface area contributed by atoms with Gasteiger partial charge in [0.05, 0.1) is 6.10 Å². The summed E-state index contributed by atoms with van der Waals surface area (Å²) in [5, 5.41) is 23.5. The molecule has 0 fully saturated rings. The average Bonchev–Trinajstić information content (AvgIpc) is 2.82. The molecule has 8 heteroatoms. The summed E-state index contributed by atoms with van der Waals surface area (Å²) in [6.45, 7) is 1.79. The van der Waals surface area contributed by atoms with Gasteiger partial charge < -0.3 is 10.4 Å². The number of amides is 2. The Hall–Kier alpha value is -2.06. The van der Waals surface area contributed by atoms with Gasteiger partial charge in [-0.15, -0.1) is 10.2 Å². The fourth-order valence-electron chi connectivity index (χ4n) is 1.48. The lowest BCUT2D eigenvalue weighted by Crippen LogP contribution is -2.32. The summed E-state index contributed by atoms with van der Waals surface area (Å²) in [6, 6.07) is 4.95. The Morgan fingerprint density at radius 3 is 2.70 bits per heavy atom. The summed E-state index contributed by atoms with van der Waals surface area (Å²) in [6.07, 6.45) is -0.905. The van der Waals surface area contributed by atoms with Crippen molar-refractivity contribution in [3.8, 4) is 0 Å². The number of halogens is 1. The molecule has 0 spiro atoms. The monoisotopic (exact) mass is 296 g/mol. The highest BCUT2D eigenvalue weighted by atomic mass is 32.1. The molecule has 1 heterocycles. The summed E-state index contributed by atoms with van der Waals surface area (Å²) in [5.41, 5.74) is 0.526. The van der Waals surface area contributed by atoms with Crippen molar-refractivity contribution in [3.63, 3.8) is 0 Å². The maximum Gasteiger partial charge on any atom is 0.321 e. The van der Waals surface area contributed by atoms with E-state index in [1.807, 2.05) is 0 Å². The van der Waals surface area contributed by atoms with Crippen molar-refractivity contribution < 1.29 is 14.3 Å². The zero-order valence-corrected chi connectivity index (χ0v) is 11.4. The van der Waals surface area contributed by atoms with Crippen LogP contribution in [0.25, 0.3) is 0 Å². The van der Waals surface area contributed by atoms with E-state index in [9.17, 15) is 14.3 Å². The smallest absolute Gasteiger partial charge is 0.321 e. The number of aliphatic hydroxyl groups is 1. The zero-order valence-electron chi connectivity index (χ0n) is 10.6. The first-order valence-electron chi connectivity index (χ1n) is 5.83. The van der Waals surface area contributed by atoms with E-state index in [0.29, 0.717) is 10.7 Å². The first-order chi connectivity index (χ1) is 9.54. The SMILES string of the molecule is Cc1nnc(NC(=O)NCC(O)c2ccc(F)cc2)s1. The molecule has 6 nitrogen and oxygen atoms in total. The number of benzene rings is 1. The van der Waals surface area contributed by atoms with Crippen LogP contribution in [0.5, 0.6) is 0 Å². The second kappa shape index (κ2) is 6.40. The standard InChI is InChI=1S/C12H13FN4O2S/c1-7-16-17-12(20-7)15-11(19)14-6-10(18)8-2-4-9(13)5-3-8/h2-5,10,18H,6H2,1H3,(H2,14,15,17,19). The molecule has 3 N–H and O–H groups in total. The Morgan fingerprint density at radius 2 is 2.10 bits per heavy atom. The molecule has 2 rings (SSSR count). The number of rotatable bonds is 4. The number of hydrogen-bond donors (Lipinski definition) is 3. The van der Waals surface area contributed by atoms with Crippen LogP contribution in [0.1, 0.15) is 16.7 Å². The molecule has 2 amide bonds. The predicted molar refractivity (Wildman–Crippen MR) is 73.0 cm³/mol. The van der Waals surface area contributed by atoms with E-state index >= 15 is 0 Å². The molecule has 0 saturated heterocycles. The van der Waals surface area contributed by atoms with Crippen LogP contribution in [-0.2, 0) is 0 Å². The molecule has 2 aromatic rings. The highest BCUT2D eigenvalue weighted by molar-refractivity contribution is 7.15. The minimum Gasteiger partial charge on any atom is -0.387 e. The molecule has 0 aliphatic rings. The number of anilines is 1. The molecular weight excluding hydrogens is 283 g/mol. The lowest BCUT2D eigenvalue weighted by molar-refractivity contribution is 0.175. The lowest BCUT2D eigenvalue weighted by atomic mass is 10.1. The molecule has 0 aliphatic carbocycles. The van der Waals surface area contributed by atoms with E-state index in [1.54, 1.807) is 6.92 Å². The number of aliphatic hydroxyl groups excluding tert-OH is 1. The Morgan fingerprint density at radius 1 is 1.40 bits per heavy atom. The number of nitrogens with one attached hydrogen (secondary N) is 2. The predicted octanol–water partition coefficient (Wildman–Crippen LogP) is 1.84. The van der Waals surface area contributed by atoms with Gasteiger partial charge in [-0.25, -0.2) is 9.18 Å². The van der Waals surface area contributed by atoms with E-state index < -0.39 is 12.1 Å². The van der Waals surface area contributed by atoms with Crippen LogP contribution in [0.15, 0.2) is 24.3 Å². The molecule has 0 bridgehead atoms. The fraction of sp³-hybridized carbons (Fsp3) is 0.250. The molecule has 1 aromatic heterocycles. The molecule has 0 saturated carbocycles. The summed E-state index contributed by atoms with van der Waals surface area (Å²) >= 11 is 1.25. The molecule has 1 atom stereocenters.